The lowest BCUT2D eigenvalue weighted by Gasteiger charge is -2.08. The lowest BCUT2D eigenvalue weighted by Crippen LogP contribution is -2.18. The van der Waals surface area contributed by atoms with Gasteiger partial charge in [-0.2, -0.15) is 0 Å². The third-order valence-electron chi connectivity index (χ3n) is 1.94. The van der Waals surface area contributed by atoms with Crippen molar-refractivity contribution in [1.82, 2.24) is 0 Å². The molecule has 0 aliphatic rings. The van der Waals surface area contributed by atoms with E-state index in [0.717, 1.165) is 5.56 Å². The molecule has 0 unspecified atom stereocenters. The fraction of sp³-hybridized carbons (Fsp3) is 0.385. The summed E-state index contributed by atoms with van der Waals surface area (Å²) in [5.74, 6) is -1.63. The van der Waals surface area contributed by atoms with Gasteiger partial charge in [0.1, 0.15) is 0 Å². The van der Waals surface area contributed by atoms with Crippen molar-refractivity contribution in [3.05, 3.63) is 35.4 Å². The van der Waals surface area contributed by atoms with Crippen molar-refractivity contribution >= 4 is 11.9 Å². The molecule has 0 saturated heterocycles. The second kappa shape index (κ2) is 6.03. The van der Waals surface area contributed by atoms with Crippen LogP contribution in [-0.2, 0) is 4.79 Å². The Morgan fingerprint density at radius 2 is 1.35 bits per heavy atom. The van der Waals surface area contributed by atoms with Gasteiger partial charge in [-0.3, -0.25) is 4.79 Å². The molecule has 0 bridgehead atoms. The summed E-state index contributed by atoms with van der Waals surface area (Å²) in [6, 6.07) is 6.75. The first kappa shape index (κ1) is 15.2. The van der Waals surface area contributed by atoms with Gasteiger partial charge in [0.25, 0.3) is 0 Å². The Balaban J connectivity index is 0.000000325. The molecular formula is C13H18O4. The summed E-state index contributed by atoms with van der Waals surface area (Å²) < 4.78 is 0. The Bertz CT molecular complexity index is 385. The summed E-state index contributed by atoms with van der Waals surface area (Å²) in [5.41, 5.74) is 0.829. The van der Waals surface area contributed by atoms with Crippen LogP contribution in [0.5, 0.6) is 0 Å². The van der Waals surface area contributed by atoms with E-state index in [0.29, 0.717) is 5.56 Å². The molecule has 0 saturated carbocycles. The maximum atomic E-state index is 10.3. The van der Waals surface area contributed by atoms with Crippen molar-refractivity contribution in [2.75, 3.05) is 0 Å². The molecule has 0 atom stereocenters. The van der Waals surface area contributed by atoms with E-state index in [1.165, 1.54) is 0 Å². The smallest absolute Gasteiger partial charge is 0.335 e. The summed E-state index contributed by atoms with van der Waals surface area (Å²) in [6.07, 6.45) is 0. The van der Waals surface area contributed by atoms with E-state index in [1.54, 1.807) is 45.0 Å². The normalized spacial score (nSPS) is 10.1. The van der Waals surface area contributed by atoms with Crippen molar-refractivity contribution < 1.29 is 19.8 Å². The number of aromatic carboxylic acids is 1. The predicted molar refractivity (Wildman–Crippen MR) is 65.2 cm³/mol. The van der Waals surface area contributed by atoms with Gasteiger partial charge in [0.2, 0.25) is 0 Å². The van der Waals surface area contributed by atoms with Crippen LogP contribution in [0.4, 0.5) is 0 Å². The number of carboxylic acid groups (broad SMARTS) is 2. The summed E-state index contributed by atoms with van der Waals surface area (Å²) in [5, 5.41) is 16.7. The molecule has 2 N–H and O–H groups in total. The fourth-order valence-electron chi connectivity index (χ4n) is 0.696. The summed E-state index contributed by atoms with van der Waals surface area (Å²) in [4.78, 5) is 20.3. The van der Waals surface area contributed by atoms with E-state index >= 15 is 0 Å². The molecule has 1 aromatic rings. The van der Waals surface area contributed by atoms with Gasteiger partial charge in [-0.25, -0.2) is 4.79 Å². The molecule has 0 aliphatic carbocycles. The van der Waals surface area contributed by atoms with Crippen LogP contribution in [0, 0.1) is 12.3 Å². The number of rotatable bonds is 1. The highest BCUT2D eigenvalue weighted by Crippen LogP contribution is 2.11. The Kier molecular flexibility index (Phi) is 5.38. The highest BCUT2D eigenvalue weighted by Gasteiger charge is 2.18. The van der Waals surface area contributed by atoms with Gasteiger partial charge in [-0.05, 0) is 39.8 Å². The van der Waals surface area contributed by atoms with Gasteiger partial charge in [-0.15, -0.1) is 0 Å². The van der Waals surface area contributed by atoms with Crippen LogP contribution < -0.4 is 0 Å². The lowest BCUT2D eigenvalue weighted by atomic mass is 9.98. The van der Waals surface area contributed by atoms with E-state index < -0.39 is 17.4 Å². The Morgan fingerprint density at radius 1 is 1.00 bits per heavy atom. The molecule has 4 heteroatoms. The summed E-state index contributed by atoms with van der Waals surface area (Å²) in [7, 11) is 0. The number of hydrogen-bond donors (Lipinski definition) is 2. The number of aliphatic carboxylic acids is 1. The molecule has 0 amide bonds. The molecule has 0 aromatic heterocycles. The van der Waals surface area contributed by atoms with E-state index in [-0.39, 0.29) is 0 Å². The largest absolute Gasteiger partial charge is 0.481 e. The Labute approximate surface area is 101 Å². The maximum absolute atomic E-state index is 10.3. The molecule has 1 rings (SSSR count). The van der Waals surface area contributed by atoms with Crippen molar-refractivity contribution in [3.63, 3.8) is 0 Å². The van der Waals surface area contributed by atoms with E-state index in [9.17, 15) is 9.59 Å². The van der Waals surface area contributed by atoms with Gasteiger partial charge in [0.05, 0.1) is 11.0 Å². The van der Waals surface area contributed by atoms with Crippen LogP contribution >= 0.6 is 0 Å². The predicted octanol–water partition coefficient (Wildman–Crippen LogP) is 2.81. The zero-order valence-electron chi connectivity index (χ0n) is 10.5. The SMILES string of the molecule is CC(C)(C)C(=O)O.Cc1ccc(C(=O)O)cc1. The zero-order valence-corrected chi connectivity index (χ0v) is 10.5. The molecule has 94 valence electrons. The van der Waals surface area contributed by atoms with E-state index in [1.807, 2.05) is 6.92 Å². The van der Waals surface area contributed by atoms with Crippen molar-refractivity contribution in [2.24, 2.45) is 5.41 Å². The van der Waals surface area contributed by atoms with Gasteiger partial charge < -0.3 is 10.2 Å². The monoisotopic (exact) mass is 238 g/mol. The first-order chi connectivity index (χ1) is 7.64. The van der Waals surface area contributed by atoms with Crippen LogP contribution in [0.3, 0.4) is 0 Å². The standard InChI is InChI=1S/C8H8O2.C5H10O2/c1-6-2-4-7(5-3-6)8(9)10;1-5(2,3)4(6)7/h2-5H,1H3,(H,9,10);1-3H3,(H,6,7). The van der Waals surface area contributed by atoms with E-state index in [4.69, 9.17) is 10.2 Å². The number of aryl methyl sites for hydroxylation is 1. The molecule has 0 radical (unpaired) electrons. The molecule has 17 heavy (non-hydrogen) atoms. The molecule has 0 heterocycles. The quantitative estimate of drug-likeness (QED) is 0.788. The van der Waals surface area contributed by atoms with Crippen molar-refractivity contribution in [2.45, 2.75) is 27.7 Å². The average Bonchev–Trinajstić information content (AvgIpc) is 2.17. The van der Waals surface area contributed by atoms with Crippen LogP contribution in [0.1, 0.15) is 36.7 Å². The van der Waals surface area contributed by atoms with E-state index in [2.05, 4.69) is 0 Å². The first-order valence-corrected chi connectivity index (χ1v) is 5.18. The topological polar surface area (TPSA) is 74.6 Å². The van der Waals surface area contributed by atoms with Gasteiger partial charge in [0.15, 0.2) is 0 Å². The maximum Gasteiger partial charge on any atom is 0.335 e. The first-order valence-electron chi connectivity index (χ1n) is 5.18. The highest BCUT2D eigenvalue weighted by atomic mass is 16.4. The molecule has 0 spiro atoms. The Morgan fingerprint density at radius 3 is 1.59 bits per heavy atom. The molecule has 0 aliphatic heterocycles. The average molecular weight is 238 g/mol. The minimum absolute atomic E-state index is 0.339. The van der Waals surface area contributed by atoms with Crippen LogP contribution in [0.25, 0.3) is 0 Å². The fourth-order valence-corrected chi connectivity index (χ4v) is 0.696. The van der Waals surface area contributed by atoms with Crippen LogP contribution in [-0.4, -0.2) is 22.2 Å². The summed E-state index contributed by atoms with van der Waals surface area (Å²) in [6.45, 7) is 6.91. The molecule has 1 aromatic carbocycles. The third-order valence-corrected chi connectivity index (χ3v) is 1.94. The lowest BCUT2D eigenvalue weighted by molar-refractivity contribution is -0.145. The minimum Gasteiger partial charge on any atom is -0.481 e. The van der Waals surface area contributed by atoms with Crippen molar-refractivity contribution in [3.8, 4) is 0 Å². The van der Waals surface area contributed by atoms with Crippen molar-refractivity contribution in [1.29, 1.82) is 0 Å². The number of hydrogen-bond acceptors (Lipinski definition) is 2. The Hall–Kier alpha value is -1.84. The molecule has 0 fully saturated rings. The van der Waals surface area contributed by atoms with Gasteiger partial charge in [-0.1, -0.05) is 17.7 Å². The second-order valence-electron chi connectivity index (χ2n) is 4.73. The number of carboxylic acids is 2. The molecule has 4 nitrogen and oxygen atoms in total. The summed E-state index contributed by atoms with van der Waals surface area (Å²) >= 11 is 0. The van der Waals surface area contributed by atoms with Crippen LogP contribution in [0.15, 0.2) is 24.3 Å². The zero-order chi connectivity index (χ0) is 13.6. The van der Waals surface area contributed by atoms with Gasteiger partial charge in [0, 0.05) is 0 Å². The van der Waals surface area contributed by atoms with Gasteiger partial charge >= 0.3 is 11.9 Å². The third kappa shape index (κ3) is 6.35. The second-order valence-corrected chi connectivity index (χ2v) is 4.73. The number of benzene rings is 1. The highest BCUT2D eigenvalue weighted by molar-refractivity contribution is 5.87. The minimum atomic E-state index is -0.875. The van der Waals surface area contributed by atoms with Crippen LogP contribution in [0.2, 0.25) is 0 Å². The number of carbonyl (C=O) groups is 2. The molecular weight excluding hydrogens is 220 g/mol.